The highest BCUT2D eigenvalue weighted by Crippen LogP contribution is 2.14. The average Bonchev–Trinajstić information content (AvgIpc) is 2.58. The Balaban J connectivity index is 1.61. The van der Waals surface area contributed by atoms with Crippen LogP contribution >= 0.6 is 0 Å². The number of nitrogens with zero attached hydrogens (tertiary/aromatic N) is 5. The third-order valence-electron chi connectivity index (χ3n) is 4.56. The third-order valence-corrected chi connectivity index (χ3v) is 4.56. The Morgan fingerprint density at radius 2 is 1.57 bits per heavy atom. The van der Waals surface area contributed by atoms with Gasteiger partial charge in [-0.05, 0) is 26.2 Å². The Kier molecular flexibility index (Phi) is 5.09. The zero-order chi connectivity index (χ0) is 16.2. The van der Waals surface area contributed by atoms with Gasteiger partial charge in [0.1, 0.15) is 11.5 Å². The van der Waals surface area contributed by atoms with Crippen molar-refractivity contribution in [3.8, 4) is 0 Å². The van der Waals surface area contributed by atoms with Crippen molar-refractivity contribution in [3.05, 3.63) is 23.9 Å². The van der Waals surface area contributed by atoms with Crippen molar-refractivity contribution in [1.29, 1.82) is 0 Å². The number of carbonyl (C=O) groups excluding carboxylic acids is 1. The van der Waals surface area contributed by atoms with Gasteiger partial charge < -0.3 is 14.7 Å². The lowest BCUT2D eigenvalue weighted by Gasteiger charge is -2.33. The SMILES string of the molecule is CN1CCN(NC(=O)c2cccc(N3CCN(C)CC3)n2)CC1. The van der Waals surface area contributed by atoms with E-state index in [0.717, 1.165) is 58.2 Å². The molecular formula is C16H26N6O. The van der Waals surface area contributed by atoms with E-state index in [-0.39, 0.29) is 5.91 Å². The van der Waals surface area contributed by atoms with Crippen LogP contribution in [-0.2, 0) is 0 Å². The van der Waals surface area contributed by atoms with Gasteiger partial charge in [-0.15, -0.1) is 0 Å². The second kappa shape index (κ2) is 7.25. The fourth-order valence-corrected chi connectivity index (χ4v) is 2.88. The lowest BCUT2D eigenvalue weighted by atomic mass is 10.3. The molecule has 0 aliphatic carbocycles. The van der Waals surface area contributed by atoms with Crippen LogP contribution in [0.25, 0.3) is 0 Å². The van der Waals surface area contributed by atoms with E-state index in [2.05, 4.69) is 39.2 Å². The van der Waals surface area contributed by atoms with Crippen molar-refractivity contribution < 1.29 is 4.79 Å². The second-order valence-electron chi connectivity index (χ2n) is 6.40. The first-order chi connectivity index (χ1) is 11.1. The first-order valence-electron chi connectivity index (χ1n) is 8.27. The Labute approximate surface area is 137 Å². The topological polar surface area (TPSA) is 55.0 Å². The average molecular weight is 318 g/mol. The monoisotopic (exact) mass is 318 g/mol. The predicted molar refractivity (Wildman–Crippen MR) is 90.5 cm³/mol. The smallest absolute Gasteiger partial charge is 0.284 e. The van der Waals surface area contributed by atoms with Crippen LogP contribution in [0.4, 0.5) is 5.82 Å². The van der Waals surface area contributed by atoms with Gasteiger partial charge in [-0.3, -0.25) is 10.2 Å². The van der Waals surface area contributed by atoms with Gasteiger partial charge in [-0.25, -0.2) is 9.99 Å². The molecule has 0 radical (unpaired) electrons. The molecule has 3 rings (SSSR count). The van der Waals surface area contributed by atoms with Gasteiger partial charge in [0.25, 0.3) is 5.91 Å². The molecule has 0 spiro atoms. The highest BCUT2D eigenvalue weighted by molar-refractivity contribution is 5.92. The third kappa shape index (κ3) is 4.19. The molecule has 7 nitrogen and oxygen atoms in total. The number of rotatable bonds is 3. The number of amides is 1. The summed E-state index contributed by atoms with van der Waals surface area (Å²) >= 11 is 0. The number of hydrazine groups is 1. The maximum absolute atomic E-state index is 12.4. The summed E-state index contributed by atoms with van der Waals surface area (Å²) in [6.45, 7) is 7.59. The number of carbonyl (C=O) groups is 1. The zero-order valence-corrected chi connectivity index (χ0v) is 14.0. The van der Waals surface area contributed by atoms with Crippen molar-refractivity contribution >= 4 is 11.7 Å². The summed E-state index contributed by atoms with van der Waals surface area (Å²) in [5, 5.41) is 1.98. The van der Waals surface area contributed by atoms with E-state index in [1.807, 2.05) is 17.1 Å². The first kappa shape index (κ1) is 16.2. The second-order valence-corrected chi connectivity index (χ2v) is 6.40. The maximum Gasteiger partial charge on any atom is 0.284 e. The summed E-state index contributed by atoms with van der Waals surface area (Å²) in [6, 6.07) is 5.68. The highest BCUT2D eigenvalue weighted by atomic mass is 16.2. The van der Waals surface area contributed by atoms with Crippen LogP contribution in [0, 0.1) is 0 Å². The molecule has 23 heavy (non-hydrogen) atoms. The van der Waals surface area contributed by atoms with Crippen molar-refractivity contribution in [2.45, 2.75) is 0 Å². The number of nitrogens with one attached hydrogen (secondary N) is 1. The number of anilines is 1. The molecule has 1 aromatic rings. The lowest BCUT2D eigenvalue weighted by molar-refractivity contribution is 0.0658. The standard InChI is InChI=1S/C16H26N6O/c1-19-6-10-21(11-7-19)15-5-3-4-14(17-15)16(23)18-22-12-8-20(2)9-13-22/h3-5H,6-13H2,1-2H3,(H,18,23). The molecule has 0 bridgehead atoms. The molecule has 0 saturated carbocycles. The van der Waals surface area contributed by atoms with Crippen LogP contribution in [0.1, 0.15) is 10.5 Å². The van der Waals surface area contributed by atoms with Gasteiger partial charge in [0.15, 0.2) is 0 Å². The van der Waals surface area contributed by atoms with Crippen molar-refractivity contribution in [2.75, 3.05) is 71.4 Å². The number of likely N-dealkylation sites (N-methyl/N-ethyl adjacent to an activating group) is 2. The summed E-state index contributed by atoms with van der Waals surface area (Å²) in [5.41, 5.74) is 3.46. The fourth-order valence-electron chi connectivity index (χ4n) is 2.88. The molecule has 7 heteroatoms. The molecule has 2 fully saturated rings. The van der Waals surface area contributed by atoms with Gasteiger partial charge in [-0.1, -0.05) is 6.07 Å². The molecule has 3 heterocycles. The normalized spacial score (nSPS) is 21.4. The number of aromatic nitrogens is 1. The maximum atomic E-state index is 12.4. The Bertz CT molecular complexity index is 535. The largest absolute Gasteiger partial charge is 0.354 e. The highest BCUT2D eigenvalue weighted by Gasteiger charge is 2.19. The molecule has 2 saturated heterocycles. The number of piperazine rings is 2. The van der Waals surface area contributed by atoms with E-state index in [0.29, 0.717) is 5.69 Å². The van der Waals surface area contributed by atoms with Gasteiger partial charge >= 0.3 is 0 Å². The molecule has 126 valence electrons. The minimum atomic E-state index is -0.120. The van der Waals surface area contributed by atoms with E-state index in [1.165, 1.54) is 0 Å². The van der Waals surface area contributed by atoms with Crippen LogP contribution in [0.3, 0.4) is 0 Å². The van der Waals surface area contributed by atoms with Crippen molar-refractivity contribution in [2.24, 2.45) is 0 Å². The van der Waals surface area contributed by atoms with Gasteiger partial charge in [0, 0.05) is 52.4 Å². The summed E-state index contributed by atoms with van der Waals surface area (Å²) in [7, 11) is 4.23. The van der Waals surface area contributed by atoms with Crippen LogP contribution < -0.4 is 10.3 Å². The Morgan fingerprint density at radius 1 is 0.957 bits per heavy atom. The molecule has 1 amide bonds. The van der Waals surface area contributed by atoms with E-state index >= 15 is 0 Å². The summed E-state index contributed by atoms with van der Waals surface area (Å²) in [6.07, 6.45) is 0. The molecule has 2 aliphatic heterocycles. The van der Waals surface area contributed by atoms with Gasteiger partial charge in [0.2, 0.25) is 0 Å². The summed E-state index contributed by atoms with van der Waals surface area (Å²) in [4.78, 5) is 23.8. The van der Waals surface area contributed by atoms with Gasteiger partial charge in [0.05, 0.1) is 0 Å². The summed E-state index contributed by atoms with van der Waals surface area (Å²) < 4.78 is 0. The first-order valence-corrected chi connectivity index (χ1v) is 8.27. The van der Waals surface area contributed by atoms with E-state index in [9.17, 15) is 4.79 Å². The quantitative estimate of drug-likeness (QED) is 0.828. The van der Waals surface area contributed by atoms with Crippen LogP contribution in [-0.4, -0.2) is 92.2 Å². The number of hydrogen-bond donors (Lipinski definition) is 1. The predicted octanol–water partition coefficient (Wildman–Crippen LogP) is -0.274. The number of hydrogen-bond acceptors (Lipinski definition) is 6. The van der Waals surface area contributed by atoms with Gasteiger partial charge in [-0.2, -0.15) is 0 Å². The molecular weight excluding hydrogens is 292 g/mol. The molecule has 1 N–H and O–H groups in total. The molecule has 0 aromatic carbocycles. The minimum absolute atomic E-state index is 0.120. The van der Waals surface area contributed by atoms with E-state index in [4.69, 9.17) is 0 Å². The molecule has 0 atom stereocenters. The lowest BCUT2D eigenvalue weighted by Crippen LogP contribution is -2.52. The molecule has 2 aliphatic rings. The molecule has 1 aromatic heterocycles. The van der Waals surface area contributed by atoms with Crippen molar-refractivity contribution in [1.82, 2.24) is 25.2 Å². The van der Waals surface area contributed by atoms with Crippen LogP contribution in [0.15, 0.2) is 18.2 Å². The number of pyridine rings is 1. The molecule has 0 unspecified atom stereocenters. The van der Waals surface area contributed by atoms with Crippen LogP contribution in [0.2, 0.25) is 0 Å². The van der Waals surface area contributed by atoms with E-state index < -0.39 is 0 Å². The zero-order valence-electron chi connectivity index (χ0n) is 14.0. The summed E-state index contributed by atoms with van der Waals surface area (Å²) in [5.74, 6) is 0.773. The Morgan fingerprint density at radius 3 is 2.22 bits per heavy atom. The van der Waals surface area contributed by atoms with E-state index in [1.54, 1.807) is 6.07 Å². The Hall–Kier alpha value is -1.70. The van der Waals surface area contributed by atoms with Crippen molar-refractivity contribution in [3.63, 3.8) is 0 Å². The fraction of sp³-hybridized carbons (Fsp3) is 0.625. The van der Waals surface area contributed by atoms with Crippen LogP contribution in [0.5, 0.6) is 0 Å². The minimum Gasteiger partial charge on any atom is -0.354 e.